The molecule has 1 aromatic carbocycles. The number of primary amides is 1. The van der Waals surface area contributed by atoms with E-state index in [1.807, 2.05) is 12.1 Å². The topological polar surface area (TPSA) is 122 Å². The number of hydrogen-bond donors (Lipinski definition) is 3. The summed E-state index contributed by atoms with van der Waals surface area (Å²) in [5, 5.41) is 14.8. The third-order valence-electron chi connectivity index (χ3n) is 3.85. The number of Topliss-reactive ketones (excluding diaryl/α,β-unsaturated/α-hetero) is 1. The summed E-state index contributed by atoms with van der Waals surface area (Å²) in [6, 6.07) is 6.63. The van der Waals surface area contributed by atoms with Gasteiger partial charge in [-0.25, -0.2) is 9.78 Å². The van der Waals surface area contributed by atoms with Crippen molar-refractivity contribution in [3.63, 3.8) is 0 Å². The number of carbonyl (C=O) groups excluding carboxylic acids is 2. The molecule has 0 saturated heterocycles. The van der Waals surface area contributed by atoms with E-state index in [0.717, 1.165) is 10.6 Å². The van der Waals surface area contributed by atoms with Crippen LogP contribution in [0, 0.1) is 5.92 Å². The van der Waals surface area contributed by atoms with Crippen molar-refractivity contribution < 1.29 is 19.5 Å². The second-order valence-electron chi connectivity index (χ2n) is 6.04. The summed E-state index contributed by atoms with van der Waals surface area (Å²) < 4.78 is 0. The number of aliphatic carboxylic acids is 1. The van der Waals surface area contributed by atoms with E-state index >= 15 is 0 Å². The molecule has 4 N–H and O–H groups in total. The molecule has 2 amide bonds. The first-order valence-corrected chi connectivity index (χ1v) is 9.59. The lowest BCUT2D eigenvalue weighted by molar-refractivity contribution is -0.144. The summed E-state index contributed by atoms with van der Waals surface area (Å²) >= 11 is 7.39. The molecule has 0 aliphatic heterocycles. The van der Waals surface area contributed by atoms with Crippen molar-refractivity contribution in [2.24, 2.45) is 11.7 Å². The summed E-state index contributed by atoms with van der Waals surface area (Å²) in [6.07, 6.45) is 0.727. The van der Waals surface area contributed by atoms with Crippen LogP contribution in [0.4, 0.5) is 4.79 Å². The summed E-state index contributed by atoms with van der Waals surface area (Å²) in [5.74, 6) is -2.01. The zero-order valence-electron chi connectivity index (χ0n) is 14.5. The van der Waals surface area contributed by atoms with Gasteiger partial charge in [-0.2, -0.15) is 0 Å². The van der Waals surface area contributed by atoms with Gasteiger partial charge in [0.1, 0.15) is 10.8 Å². The summed E-state index contributed by atoms with van der Waals surface area (Å²) in [7, 11) is 0. The van der Waals surface area contributed by atoms with Gasteiger partial charge in [0.05, 0.1) is 11.6 Å². The molecule has 0 bridgehead atoms. The molecule has 0 unspecified atom stereocenters. The number of nitrogens with two attached hydrogens (primary N) is 1. The zero-order valence-corrected chi connectivity index (χ0v) is 16.1. The second kappa shape index (κ2) is 10.0. The Morgan fingerprint density at radius 2 is 2.11 bits per heavy atom. The fraction of sp³-hybridized carbons (Fsp3) is 0.333. The highest BCUT2D eigenvalue weighted by Gasteiger charge is 2.21. The number of urea groups is 1. The number of amides is 2. The molecule has 2 aromatic rings. The van der Waals surface area contributed by atoms with Gasteiger partial charge in [-0.3, -0.25) is 9.59 Å². The van der Waals surface area contributed by atoms with Crippen LogP contribution in [0.1, 0.15) is 25.0 Å². The fourth-order valence-electron chi connectivity index (χ4n) is 2.56. The average molecular weight is 410 g/mol. The van der Waals surface area contributed by atoms with Gasteiger partial charge >= 0.3 is 12.0 Å². The van der Waals surface area contributed by atoms with Crippen LogP contribution in [-0.4, -0.2) is 34.4 Å². The molecule has 0 spiro atoms. The molecule has 144 valence electrons. The molecule has 0 radical (unpaired) electrons. The van der Waals surface area contributed by atoms with E-state index in [9.17, 15) is 19.5 Å². The molecular weight excluding hydrogens is 390 g/mol. The van der Waals surface area contributed by atoms with Crippen molar-refractivity contribution in [1.29, 1.82) is 0 Å². The van der Waals surface area contributed by atoms with Gasteiger partial charge in [-0.1, -0.05) is 23.7 Å². The Hall–Kier alpha value is -2.45. The first-order chi connectivity index (χ1) is 12.8. The number of carbonyl (C=O) groups is 3. The van der Waals surface area contributed by atoms with Crippen LogP contribution in [-0.2, 0) is 16.0 Å². The Morgan fingerprint density at radius 1 is 1.33 bits per heavy atom. The number of benzene rings is 1. The van der Waals surface area contributed by atoms with E-state index in [1.165, 1.54) is 11.3 Å². The van der Waals surface area contributed by atoms with Crippen LogP contribution in [0.15, 0.2) is 29.6 Å². The number of hydrogen-bond acceptors (Lipinski definition) is 5. The smallest absolute Gasteiger partial charge is 0.312 e. The fourth-order valence-corrected chi connectivity index (χ4v) is 3.57. The number of rotatable bonds is 10. The van der Waals surface area contributed by atoms with Gasteiger partial charge in [-0.15, -0.1) is 11.3 Å². The predicted octanol–water partition coefficient (Wildman–Crippen LogP) is 3.11. The van der Waals surface area contributed by atoms with Crippen molar-refractivity contribution in [1.82, 2.24) is 10.3 Å². The monoisotopic (exact) mass is 409 g/mol. The Balaban J connectivity index is 1.90. The van der Waals surface area contributed by atoms with Gasteiger partial charge in [-0.05, 0) is 25.0 Å². The maximum Gasteiger partial charge on any atom is 0.312 e. The van der Waals surface area contributed by atoms with E-state index in [1.54, 1.807) is 17.5 Å². The summed E-state index contributed by atoms with van der Waals surface area (Å²) in [5.41, 5.74) is 6.44. The van der Waals surface area contributed by atoms with Crippen LogP contribution in [0.2, 0.25) is 5.02 Å². The molecule has 0 saturated carbocycles. The van der Waals surface area contributed by atoms with Crippen LogP contribution in [0.5, 0.6) is 0 Å². The summed E-state index contributed by atoms with van der Waals surface area (Å²) in [6.45, 7) is 0.280. The second-order valence-corrected chi connectivity index (χ2v) is 7.34. The quantitative estimate of drug-likeness (QED) is 0.520. The lowest BCUT2D eigenvalue weighted by Crippen LogP contribution is -2.30. The minimum Gasteiger partial charge on any atom is -0.481 e. The predicted molar refractivity (Wildman–Crippen MR) is 104 cm³/mol. The van der Waals surface area contributed by atoms with Crippen LogP contribution in [0.25, 0.3) is 10.6 Å². The molecule has 9 heteroatoms. The van der Waals surface area contributed by atoms with Crippen molar-refractivity contribution >= 4 is 40.7 Å². The van der Waals surface area contributed by atoms with E-state index in [-0.39, 0.29) is 31.6 Å². The number of carboxylic acids is 1. The first kappa shape index (κ1) is 20.9. The minimum absolute atomic E-state index is 0.0735. The number of nitrogens with one attached hydrogen (secondary N) is 1. The van der Waals surface area contributed by atoms with Gasteiger partial charge in [0, 0.05) is 35.4 Å². The average Bonchev–Trinajstić information content (AvgIpc) is 3.05. The first-order valence-electron chi connectivity index (χ1n) is 8.33. The molecule has 7 nitrogen and oxygen atoms in total. The van der Waals surface area contributed by atoms with Crippen molar-refractivity contribution in [3.05, 3.63) is 40.4 Å². The normalized spacial score (nSPS) is 11.7. The summed E-state index contributed by atoms with van der Waals surface area (Å²) in [4.78, 5) is 38.7. The van der Waals surface area contributed by atoms with Gasteiger partial charge in [0.15, 0.2) is 0 Å². The largest absolute Gasteiger partial charge is 0.481 e. The number of halogens is 1. The van der Waals surface area contributed by atoms with Gasteiger partial charge < -0.3 is 16.2 Å². The Morgan fingerprint density at radius 3 is 2.78 bits per heavy atom. The van der Waals surface area contributed by atoms with E-state index in [0.29, 0.717) is 17.1 Å². The van der Waals surface area contributed by atoms with Crippen LogP contribution in [0.3, 0.4) is 0 Å². The Bertz CT molecular complexity index is 824. The SMILES string of the molecule is NC(=O)NCCC[C@H](CC(=O)Cc1csc(-c2cccc(Cl)c2)n1)C(=O)O. The molecule has 0 aliphatic rings. The van der Waals surface area contributed by atoms with E-state index < -0.39 is 17.9 Å². The lowest BCUT2D eigenvalue weighted by atomic mass is 9.95. The van der Waals surface area contributed by atoms with E-state index in [2.05, 4.69) is 10.3 Å². The molecular formula is C18H20ClN3O4S. The van der Waals surface area contributed by atoms with Gasteiger partial charge in [0.25, 0.3) is 0 Å². The highest BCUT2D eigenvalue weighted by atomic mass is 35.5. The molecule has 27 heavy (non-hydrogen) atoms. The third-order valence-corrected chi connectivity index (χ3v) is 5.03. The highest BCUT2D eigenvalue weighted by molar-refractivity contribution is 7.13. The minimum atomic E-state index is -1.03. The number of ketones is 1. The zero-order chi connectivity index (χ0) is 19.8. The van der Waals surface area contributed by atoms with E-state index in [4.69, 9.17) is 17.3 Å². The number of carboxylic acid groups (broad SMARTS) is 1. The highest BCUT2D eigenvalue weighted by Crippen LogP contribution is 2.26. The van der Waals surface area contributed by atoms with Crippen molar-refractivity contribution in [2.45, 2.75) is 25.7 Å². The number of aromatic nitrogens is 1. The molecule has 2 rings (SSSR count). The molecule has 0 fully saturated rings. The maximum absolute atomic E-state index is 12.3. The van der Waals surface area contributed by atoms with Crippen molar-refractivity contribution in [2.75, 3.05) is 6.54 Å². The molecule has 0 aliphatic carbocycles. The van der Waals surface area contributed by atoms with Crippen molar-refractivity contribution in [3.8, 4) is 10.6 Å². The standard InChI is InChI=1S/C18H20ClN3O4S/c19-13-5-1-3-11(7-13)16-22-14(10-27-16)9-15(23)8-12(17(24)25)4-2-6-21-18(20)26/h1,3,5,7,10,12H,2,4,6,8-9H2,(H,24,25)(H3,20,21,26)/t12-/m1/s1. The maximum atomic E-state index is 12.3. The lowest BCUT2D eigenvalue weighted by Gasteiger charge is -2.11. The van der Waals surface area contributed by atoms with Crippen LogP contribution < -0.4 is 11.1 Å². The van der Waals surface area contributed by atoms with Gasteiger partial charge in [0.2, 0.25) is 0 Å². The number of thiazole rings is 1. The molecule has 1 atom stereocenters. The Labute approximate surface area is 165 Å². The Kier molecular flexibility index (Phi) is 7.75. The molecule has 1 aromatic heterocycles. The number of nitrogens with zero attached hydrogens (tertiary/aromatic N) is 1. The third kappa shape index (κ3) is 6.99. The van der Waals surface area contributed by atoms with Crippen LogP contribution >= 0.6 is 22.9 Å². The molecule has 1 heterocycles.